The molecular weight excluding hydrogens is 478 g/mol. The maximum absolute atomic E-state index is 13.5. The molecule has 5 rings (SSSR count). The molecule has 0 spiro atoms. The van der Waals surface area contributed by atoms with E-state index in [-0.39, 0.29) is 24.2 Å². The van der Waals surface area contributed by atoms with Crippen molar-refractivity contribution in [3.05, 3.63) is 65.0 Å². The van der Waals surface area contributed by atoms with Crippen molar-refractivity contribution in [1.82, 2.24) is 15.2 Å². The average Bonchev–Trinajstić information content (AvgIpc) is 2.97. The summed E-state index contributed by atoms with van der Waals surface area (Å²) in [5.74, 6) is 0.128. The molecule has 38 heavy (non-hydrogen) atoms. The Bertz CT molecular complexity index is 1040. The topological polar surface area (TPSA) is 72.9 Å². The van der Waals surface area contributed by atoms with Gasteiger partial charge in [-0.25, -0.2) is 0 Å². The minimum absolute atomic E-state index is 0.101. The first-order valence-electron chi connectivity index (χ1n) is 14.4. The van der Waals surface area contributed by atoms with Gasteiger partial charge >= 0.3 is 0 Å². The number of amides is 1. The normalized spacial score (nSPS) is 26.8. The molecule has 7 nitrogen and oxygen atoms in total. The van der Waals surface area contributed by atoms with Crippen molar-refractivity contribution in [2.24, 2.45) is 0 Å². The van der Waals surface area contributed by atoms with Crippen LogP contribution in [0.4, 0.5) is 0 Å². The Morgan fingerprint density at radius 2 is 1.92 bits per heavy atom. The standard InChI is InChI=1S/C31H43N3O4/c1-22-26(31(35)34-18-14-24(15-19-34)33-28-16-20-37-21-30(28)36-2)13-17-32-27(22)12-11-25-9-6-10-29(38-25)23-7-4-3-5-8-23/h3-5,7-8,13,17,24-25,28-30,33H,6,9-12,14-16,18-21H2,1-2H3/t25-,28+,29+,30-/m1/s1. The Hall–Kier alpha value is -2.32. The number of likely N-dealkylation sites (tertiary alicyclic amines) is 1. The number of benzene rings is 1. The smallest absolute Gasteiger partial charge is 0.254 e. The number of carbonyl (C=O) groups is 1. The minimum atomic E-state index is 0.101. The zero-order valence-electron chi connectivity index (χ0n) is 22.9. The van der Waals surface area contributed by atoms with Crippen LogP contribution < -0.4 is 5.32 Å². The van der Waals surface area contributed by atoms with Gasteiger partial charge in [-0.15, -0.1) is 0 Å². The highest BCUT2D eigenvalue weighted by atomic mass is 16.5. The van der Waals surface area contributed by atoms with Crippen molar-refractivity contribution in [3.8, 4) is 0 Å². The van der Waals surface area contributed by atoms with E-state index in [0.717, 1.165) is 81.5 Å². The molecule has 3 aliphatic heterocycles. The van der Waals surface area contributed by atoms with Crippen LogP contribution >= 0.6 is 0 Å². The summed E-state index contributed by atoms with van der Waals surface area (Å²) in [5, 5.41) is 3.78. The van der Waals surface area contributed by atoms with Gasteiger partial charge in [0.1, 0.15) is 0 Å². The van der Waals surface area contributed by atoms with Crippen LogP contribution in [0.3, 0.4) is 0 Å². The van der Waals surface area contributed by atoms with E-state index in [0.29, 0.717) is 18.7 Å². The molecule has 7 heteroatoms. The van der Waals surface area contributed by atoms with Gasteiger partial charge in [-0.3, -0.25) is 9.78 Å². The van der Waals surface area contributed by atoms with Gasteiger partial charge in [0.25, 0.3) is 5.91 Å². The van der Waals surface area contributed by atoms with Crippen LogP contribution in [-0.4, -0.2) is 73.5 Å². The SMILES string of the molecule is CO[C@@H]1COCC[C@@H]1NC1CCN(C(=O)c2ccnc(CC[C@H]3CCC[C@@H](c4ccccc4)O3)c2C)CC1. The van der Waals surface area contributed by atoms with Crippen molar-refractivity contribution >= 4 is 5.91 Å². The van der Waals surface area contributed by atoms with Crippen LogP contribution in [0.2, 0.25) is 0 Å². The van der Waals surface area contributed by atoms with Crippen molar-refractivity contribution < 1.29 is 19.0 Å². The number of hydrogen-bond acceptors (Lipinski definition) is 6. The quantitative estimate of drug-likeness (QED) is 0.546. The minimum Gasteiger partial charge on any atom is -0.379 e. The van der Waals surface area contributed by atoms with Gasteiger partial charge in [0.05, 0.1) is 24.9 Å². The highest BCUT2D eigenvalue weighted by Crippen LogP contribution is 2.33. The van der Waals surface area contributed by atoms with Gasteiger partial charge < -0.3 is 24.4 Å². The molecule has 1 aromatic heterocycles. The fourth-order valence-electron chi connectivity index (χ4n) is 6.24. The van der Waals surface area contributed by atoms with Gasteiger partial charge in [-0.1, -0.05) is 30.3 Å². The van der Waals surface area contributed by atoms with Crippen LogP contribution in [0, 0.1) is 6.92 Å². The van der Waals surface area contributed by atoms with Gasteiger partial charge in [0.15, 0.2) is 0 Å². The van der Waals surface area contributed by atoms with E-state index in [9.17, 15) is 4.79 Å². The molecule has 2 aromatic rings. The van der Waals surface area contributed by atoms with Gasteiger partial charge in [-0.05, 0) is 75.5 Å². The zero-order chi connectivity index (χ0) is 26.3. The second kappa shape index (κ2) is 13.2. The summed E-state index contributed by atoms with van der Waals surface area (Å²) >= 11 is 0. The largest absolute Gasteiger partial charge is 0.379 e. The third kappa shape index (κ3) is 6.63. The van der Waals surface area contributed by atoms with Gasteiger partial charge in [0, 0.05) is 56.3 Å². The van der Waals surface area contributed by atoms with E-state index in [1.54, 1.807) is 13.3 Å². The van der Waals surface area contributed by atoms with Crippen LogP contribution in [0.25, 0.3) is 0 Å². The number of hydrogen-bond donors (Lipinski definition) is 1. The van der Waals surface area contributed by atoms with Crippen LogP contribution in [0.1, 0.15) is 78.2 Å². The molecular formula is C31H43N3O4. The summed E-state index contributed by atoms with van der Waals surface area (Å²) in [4.78, 5) is 20.2. The van der Waals surface area contributed by atoms with Crippen LogP contribution in [0.5, 0.6) is 0 Å². The summed E-state index contributed by atoms with van der Waals surface area (Å²) in [6.07, 6.45) is 10.3. The molecule has 3 aliphatic rings. The number of carbonyl (C=O) groups excluding carboxylic acids is 1. The number of aromatic nitrogens is 1. The van der Waals surface area contributed by atoms with E-state index in [1.807, 2.05) is 11.0 Å². The number of methoxy groups -OCH3 is 1. The number of ether oxygens (including phenoxy) is 3. The lowest BCUT2D eigenvalue weighted by atomic mass is 9.95. The molecule has 0 radical (unpaired) electrons. The molecule has 0 saturated carbocycles. The maximum atomic E-state index is 13.5. The lowest BCUT2D eigenvalue weighted by molar-refractivity contribution is -0.0547. The molecule has 0 bridgehead atoms. The van der Waals surface area contributed by atoms with Crippen LogP contribution in [0.15, 0.2) is 42.6 Å². The number of nitrogens with zero attached hydrogens (tertiary/aromatic N) is 2. The Morgan fingerprint density at radius 1 is 1.11 bits per heavy atom. The summed E-state index contributed by atoms with van der Waals surface area (Å²) in [5.41, 5.74) is 4.09. The van der Waals surface area contributed by atoms with E-state index in [2.05, 4.69) is 47.6 Å². The fourth-order valence-corrected chi connectivity index (χ4v) is 6.24. The van der Waals surface area contributed by atoms with Gasteiger partial charge in [-0.2, -0.15) is 0 Å². The Labute approximate surface area is 227 Å². The Balaban J connectivity index is 1.13. The first-order valence-corrected chi connectivity index (χ1v) is 14.4. The Kier molecular flexibility index (Phi) is 9.44. The summed E-state index contributed by atoms with van der Waals surface area (Å²) in [6.45, 7) is 5.01. The molecule has 4 heterocycles. The molecule has 1 aromatic carbocycles. The number of aryl methyl sites for hydroxylation is 1. The predicted octanol–water partition coefficient (Wildman–Crippen LogP) is 4.63. The van der Waals surface area contributed by atoms with E-state index in [4.69, 9.17) is 14.2 Å². The number of piperidine rings is 1. The fraction of sp³-hybridized carbons (Fsp3) is 0.613. The predicted molar refractivity (Wildman–Crippen MR) is 147 cm³/mol. The maximum Gasteiger partial charge on any atom is 0.254 e. The third-order valence-corrected chi connectivity index (χ3v) is 8.60. The van der Waals surface area contributed by atoms with E-state index < -0.39 is 0 Å². The molecule has 4 atom stereocenters. The summed E-state index contributed by atoms with van der Waals surface area (Å²) < 4.78 is 17.6. The van der Waals surface area contributed by atoms with E-state index in [1.165, 1.54) is 12.0 Å². The third-order valence-electron chi connectivity index (χ3n) is 8.60. The van der Waals surface area contributed by atoms with Gasteiger partial charge in [0.2, 0.25) is 0 Å². The number of pyridine rings is 1. The monoisotopic (exact) mass is 521 g/mol. The molecule has 206 valence electrons. The first kappa shape index (κ1) is 27.3. The summed E-state index contributed by atoms with van der Waals surface area (Å²) in [6, 6.07) is 13.2. The molecule has 3 saturated heterocycles. The second-order valence-corrected chi connectivity index (χ2v) is 11.0. The summed E-state index contributed by atoms with van der Waals surface area (Å²) in [7, 11) is 1.75. The van der Waals surface area contributed by atoms with Crippen LogP contribution in [-0.2, 0) is 20.6 Å². The second-order valence-electron chi connectivity index (χ2n) is 11.0. The van der Waals surface area contributed by atoms with Crippen molar-refractivity contribution in [2.45, 2.75) is 88.7 Å². The van der Waals surface area contributed by atoms with E-state index >= 15 is 0 Å². The molecule has 1 N–H and O–H groups in total. The highest BCUT2D eigenvalue weighted by molar-refractivity contribution is 5.95. The first-order chi connectivity index (χ1) is 18.6. The van der Waals surface area contributed by atoms with Crippen molar-refractivity contribution in [2.75, 3.05) is 33.4 Å². The number of rotatable bonds is 8. The average molecular weight is 522 g/mol. The Morgan fingerprint density at radius 3 is 2.71 bits per heavy atom. The molecule has 0 aliphatic carbocycles. The highest BCUT2D eigenvalue weighted by Gasteiger charge is 2.31. The zero-order valence-corrected chi connectivity index (χ0v) is 22.9. The number of nitrogens with one attached hydrogen (secondary N) is 1. The lowest BCUT2D eigenvalue weighted by Gasteiger charge is -2.38. The van der Waals surface area contributed by atoms with Crippen molar-refractivity contribution in [3.63, 3.8) is 0 Å². The molecule has 0 unspecified atom stereocenters. The molecule has 3 fully saturated rings. The van der Waals surface area contributed by atoms with Crippen molar-refractivity contribution in [1.29, 1.82) is 0 Å². The molecule has 1 amide bonds. The lowest BCUT2D eigenvalue weighted by Crippen LogP contribution is -2.54.